The third-order valence-electron chi connectivity index (χ3n) is 4.26. The molecule has 0 spiro atoms. The number of hydrogen-bond acceptors (Lipinski definition) is 2. The first-order chi connectivity index (χ1) is 12.7. The van der Waals surface area contributed by atoms with E-state index < -0.39 is 0 Å². The Kier molecular flexibility index (Phi) is 4.07. The standard InChI is InChI=1S/C22H17N3O/c1-2-21(26)23-18-10-6-9-17(13-18)22-19-12-11-16(14-20(19)24-25-22)15-7-4-3-5-8-15/h2-14H,1H2,(H,23,26)(H,24,25). The lowest BCUT2D eigenvalue weighted by molar-refractivity contribution is -0.111. The summed E-state index contributed by atoms with van der Waals surface area (Å²) in [5, 5.41) is 11.4. The molecule has 3 aromatic carbocycles. The number of aromatic nitrogens is 2. The highest BCUT2D eigenvalue weighted by Crippen LogP contribution is 2.31. The van der Waals surface area contributed by atoms with Crippen LogP contribution in [0.2, 0.25) is 0 Å². The van der Waals surface area contributed by atoms with Crippen molar-refractivity contribution in [3.8, 4) is 22.4 Å². The molecule has 0 saturated carbocycles. The quantitative estimate of drug-likeness (QED) is 0.513. The van der Waals surface area contributed by atoms with E-state index in [-0.39, 0.29) is 5.91 Å². The van der Waals surface area contributed by atoms with Gasteiger partial charge in [0.1, 0.15) is 0 Å². The third kappa shape index (κ3) is 3.00. The van der Waals surface area contributed by atoms with Crippen LogP contribution in [-0.2, 0) is 4.79 Å². The summed E-state index contributed by atoms with van der Waals surface area (Å²) in [6.45, 7) is 3.47. The van der Waals surface area contributed by atoms with E-state index in [0.717, 1.165) is 27.7 Å². The molecule has 0 aliphatic heterocycles. The first kappa shape index (κ1) is 15.8. The summed E-state index contributed by atoms with van der Waals surface area (Å²) in [6, 6.07) is 24.1. The topological polar surface area (TPSA) is 57.8 Å². The zero-order valence-electron chi connectivity index (χ0n) is 14.1. The minimum absolute atomic E-state index is 0.235. The van der Waals surface area contributed by atoms with Crippen molar-refractivity contribution in [2.75, 3.05) is 5.32 Å². The lowest BCUT2D eigenvalue weighted by Crippen LogP contribution is -2.06. The minimum atomic E-state index is -0.235. The van der Waals surface area contributed by atoms with Gasteiger partial charge < -0.3 is 5.32 Å². The first-order valence-corrected chi connectivity index (χ1v) is 8.32. The fourth-order valence-corrected chi connectivity index (χ4v) is 2.99. The van der Waals surface area contributed by atoms with Gasteiger partial charge in [0.15, 0.2) is 0 Å². The normalized spacial score (nSPS) is 10.6. The maximum Gasteiger partial charge on any atom is 0.247 e. The number of H-pyrrole nitrogens is 1. The summed E-state index contributed by atoms with van der Waals surface area (Å²) in [5.41, 5.74) is 5.78. The average Bonchev–Trinajstić information content (AvgIpc) is 3.12. The van der Waals surface area contributed by atoms with E-state index >= 15 is 0 Å². The van der Waals surface area contributed by atoms with Crippen molar-refractivity contribution in [3.63, 3.8) is 0 Å². The van der Waals surface area contributed by atoms with Gasteiger partial charge in [-0.25, -0.2) is 0 Å². The van der Waals surface area contributed by atoms with Crippen molar-refractivity contribution in [3.05, 3.63) is 85.5 Å². The molecule has 1 amide bonds. The van der Waals surface area contributed by atoms with Crippen molar-refractivity contribution in [1.82, 2.24) is 10.2 Å². The Bertz CT molecular complexity index is 1100. The number of aromatic amines is 1. The van der Waals surface area contributed by atoms with Gasteiger partial charge in [0.05, 0.1) is 11.2 Å². The van der Waals surface area contributed by atoms with Gasteiger partial charge in [0.25, 0.3) is 0 Å². The number of hydrogen-bond donors (Lipinski definition) is 2. The summed E-state index contributed by atoms with van der Waals surface area (Å²) < 4.78 is 0. The molecule has 4 aromatic rings. The highest BCUT2D eigenvalue weighted by atomic mass is 16.1. The maximum absolute atomic E-state index is 11.5. The van der Waals surface area contributed by atoms with Crippen molar-refractivity contribution < 1.29 is 4.79 Å². The molecule has 0 fully saturated rings. The SMILES string of the molecule is C=CC(=O)Nc1cccc(-c2n[nH]c3cc(-c4ccccc4)ccc23)c1. The predicted molar refractivity (Wildman–Crippen MR) is 106 cm³/mol. The Hall–Kier alpha value is -3.66. The van der Waals surface area contributed by atoms with Crippen LogP contribution in [0.3, 0.4) is 0 Å². The monoisotopic (exact) mass is 339 g/mol. The zero-order valence-corrected chi connectivity index (χ0v) is 14.1. The van der Waals surface area contributed by atoms with Gasteiger partial charge in [-0.05, 0) is 41.5 Å². The number of nitrogens with one attached hydrogen (secondary N) is 2. The second kappa shape index (κ2) is 6.69. The van der Waals surface area contributed by atoms with Gasteiger partial charge in [0.2, 0.25) is 5.91 Å². The van der Waals surface area contributed by atoms with Gasteiger partial charge >= 0.3 is 0 Å². The number of rotatable bonds is 4. The zero-order chi connectivity index (χ0) is 17.9. The molecule has 0 bridgehead atoms. The molecule has 4 heteroatoms. The molecule has 0 unspecified atom stereocenters. The Balaban J connectivity index is 1.73. The second-order valence-electron chi connectivity index (χ2n) is 5.97. The number of fused-ring (bicyclic) bond motifs is 1. The number of carbonyl (C=O) groups excluding carboxylic acids is 1. The largest absolute Gasteiger partial charge is 0.323 e. The van der Waals surface area contributed by atoms with Crippen LogP contribution >= 0.6 is 0 Å². The third-order valence-corrected chi connectivity index (χ3v) is 4.26. The summed E-state index contributed by atoms with van der Waals surface area (Å²) in [4.78, 5) is 11.5. The molecule has 4 nitrogen and oxygen atoms in total. The van der Waals surface area contributed by atoms with Gasteiger partial charge in [-0.1, -0.05) is 55.1 Å². The minimum Gasteiger partial charge on any atom is -0.323 e. The van der Waals surface area contributed by atoms with E-state index in [4.69, 9.17) is 0 Å². The molecule has 26 heavy (non-hydrogen) atoms. The summed E-state index contributed by atoms with van der Waals surface area (Å²) in [6.07, 6.45) is 1.25. The van der Waals surface area contributed by atoms with Crippen molar-refractivity contribution in [1.29, 1.82) is 0 Å². The van der Waals surface area contributed by atoms with Crippen LogP contribution in [0.25, 0.3) is 33.3 Å². The fraction of sp³-hybridized carbons (Fsp3) is 0. The van der Waals surface area contributed by atoms with Gasteiger partial charge in [-0.3, -0.25) is 9.89 Å². The molecule has 0 aliphatic carbocycles. The van der Waals surface area contributed by atoms with E-state index in [1.165, 1.54) is 11.6 Å². The Morgan fingerprint density at radius 3 is 2.54 bits per heavy atom. The van der Waals surface area contributed by atoms with Crippen LogP contribution in [-0.4, -0.2) is 16.1 Å². The Morgan fingerprint density at radius 1 is 0.923 bits per heavy atom. The van der Waals surface area contributed by atoms with Gasteiger partial charge in [-0.15, -0.1) is 0 Å². The van der Waals surface area contributed by atoms with E-state index in [1.807, 2.05) is 42.5 Å². The molecule has 0 saturated heterocycles. The van der Waals surface area contributed by atoms with Gasteiger partial charge in [0, 0.05) is 16.6 Å². The average molecular weight is 339 g/mol. The van der Waals surface area contributed by atoms with Crippen molar-refractivity contribution in [2.45, 2.75) is 0 Å². The molecule has 4 rings (SSSR count). The molecular weight excluding hydrogens is 322 g/mol. The van der Waals surface area contributed by atoms with Crippen LogP contribution in [0.4, 0.5) is 5.69 Å². The molecule has 1 heterocycles. The van der Waals surface area contributed by atoms with Crippen molar-refractivity contribution in [2.24, 2.45) is 0 Å². The van der Waals surface area contributed by atoms with E-state index in [0.29, 0.717) is 5.69 Å². The van der Waals surface area contributed by atoms with Crippen LogP contribution < -0.4 is 5.32 Å². The van der Waals surface area contributed by atoms with Gasteiger partial charge in [-0.2, -0.15) is 5.10 Å². The highest BCUT2D eigenvalue weighted by Gasteiger charge is 2.10. The predicted octanol–water partition coefficient (Wildman–Crippen LogP) is 5.02. The molecule has 0 radical (unpaired) electrons. The molecule has 0 aliphatic rings. The smallest absolute Gasteiger partial charge is 0.247 e. The van der Waals surface area contributed by atoms with E-state index in [1.54, 1.807) is 0 Å². The molecule has 0 atom stereocenters. The van der Waals surface area contributed by atoms with E-state index in [9.17, 15) is 4.79 Å². The summed E-state index contributed by atoms with van der Waals surface area (Å²) in [5.74, 6) is -0.235. The number of carbonyl (C=O) groups is 1. The van der Waals surface area contributed by atoms with Crippen LogP contribution in [0.15, 0.2) is 85.5 Å². The number of amides is 1. The van der Waals surface area contributed by atoms with Crippen LogP contribution in [0, 0.1) is 0 Å². The van der Waals surface area contributed by atoms with Crippen LogP contribution in [0.1, 0.15) is 0 Å². The highest BCUT2D eigenvalue weighted by molar-refractivity contribution is 6.00. The molecular formula is C22H17N3O. The summed E-state index contributed by atoms with van der Waals surface area (Å²) >= 11 is 0. The summed E-state index contributed by atoms with van der Waals surface area (Å²) in [7, 11) is 0. The Labute approximate surface area is 151 Å². The second-order valence-corrected chi connectivity index (χ2v) is 5.97. The molecule has 2 N–H and O–H groups in total. The molecule has 1 aromatic heterocycles. The number of nitrogens with zero attached hydrogens (tertiary/aromatic N) is 1. The number of benzene rings is 3. The van der Waals surface area contributed by atoms with Crippen molar-refractivity contribution >= 4 is 22.5 Å². The lowest BCUT2D eigenvalue weighted by atomic mass is 10.0. The lowest BCUT2D eigenvalue weighted by Gasteiger charge is -2.05. The first-order valence-electron chi connectivity index (χ1n) is 8.32. The van der Waals surface area contributed by atoms with Crippen LogP contribution in [0.5, 0.6) is 0 Å². The molecule has 126 valence electrons. The fourth-order valence-electron chi connectivity index (χ4n) is 2.99. The maximum atomic E-state index is 11.5. The number of anilines is 1. The Morgan fingerprint density at radius 2 is 1.73 bits per heavy atom. The van der Waals surface area contributed by atoms with E-state index in [2.05, 4.69) is 52.4 Å².